The third-order valence-corrected chi connectivity index (χ3v) is 4.97. The quantitative estimate of drug-likeness (QED) is 0.395. The van der Waals surface area contributed by atoms with Crippen LogP contribution in [0.2, 0.25) is 0 Å². The first-order valence-corrected chi connectivity index (χ1v) is 10.6. The largest absolute Gasteiger partial charge is 0.357 e. The normalized spacial score (nSPS) is 16.0. The first-order chi connectivity index (χ1) is 13.1. The van der Waals surface area contributed by atoms with E-state index in [0.717, 1.165) is 69.1 Å². The van der Waals surface area contributed by atoms with Crippen LogP contribution in [0, 0.1) is 5.92 Å². The summed E-state index contributed by atoms with van der Waals surface area (Å²) in [5.41, 5.74) is 1.14. The van der Waals surface area contributed by atoms with E-state index >= 15 is 0 Å². The summed E-state index contributed by atoms with van der Waals surface area (Å²) >= 11 is 0. The Balaban J connectivity index is 1.83. The van der Waals surface area contributed by atoms with Crippen molar-refractivity contribution < 1.29 is 0 Å². The minimum Gasteiger partial charge on any atom is -0.357 e. The predicted octanol–water partition coefficient (Wildman–Crippen LogP) is 2.71. The van der Waals surface area contributed by atoms with Crippen LogP contribution in [0.15, 0.2) is 23.3 Å². The van der Waals surface area contributed by atoms with Crippen molar-refractivity contribution in [1.82, 2.24) is 20.5 Å². The molecule has 0 spiro atoms. The van der Waals surface area contributed by atoms with Crippen molar-refractivity contribution in [2.45, 2.75) is 47.1 Å². The van der Waals surface area contributed by atoms with E-state index in [2.05, 4.69) is 65.2 Å². The highest BCUT2D eigenvalue weighted by molar-refractivity contribution is 5.79. The number of nitrogens with one attached hydrogen (secondary N) is 2. The van der Waals surface area contributed by atoms with E-state index in [1.54, 1.807) is 0 Å². The molecule has 0 unspecified atom stereocenters. The lowest BCUT2D eigenvalue weighted by atomic mass is 10.1. The van der Waals surface area contributed by atoms with E-state index < -0.39 is 0 Å². The molecular weight excluding hydrogens is 336 g/mol. The molecule has 0 saturated carbocycles. The molecule has 0 aromatic carbocycles. The topological polar surface area (TPSA) is 55.8 Å². The van der Waals surface area contributed by atoms with E-state index in [0.29, 0.717) is 6.54 Å². The van der Waals surface area contributed by atoms with Gasteiger partial charge in [0.2, 0.25) is 0 Å². The molecule has 2 rings (SSSR count). The number of rotatable bonds is 9. The summed E-state index contributed by atoms with van der Waals surface area (Å²) in [5.74, 6) is 2.72. The number of anilines is 1. The third-order valence-electron chi connectivity index (χ3n) is 4.97. The average Bonchev–Trinajstić information content (AvgIpc) is 2.69. The molecule has 1 aliphatic rings. The lowest BCUT2D eigenvalue weighted by Gasteiger charge is -2.34. The highest BCUT2D eigenvalue weighted by Crippen LogP contribution is 2.14. The number of hydrogen-bond acceptors (Lipinski definition) is 4. The molecule has 0 aliphatic carbocycles. The summed E-state index contributed by atoms with van der Waals surface area (Å²) in [6, 6.07) is 4.29. The number of nitrogens with zero attached hydrogens (tertiary/aromatic N) is 4. The van der Waals surface area contributed by atoms with Gasteiger partial charge in [-0.15, -0.1) is 0 Å². The van der Waals surface area contributed by atoms with Gasteiger partial charge in [-0.2, -0.15) is 0 Å². The maximum atomic E-state index is 4.70. The molecule has 0 bridgehead atoms. The van der Waals surface area contributed by atoms with Crippen molar-refractivity contribution in [1.29, 1.82) is 0 Å². The fraction of sp³-hybridized carbons (Fsp3) is 0.714. The van der Waals surface area contributed by atoms with Gasteiger partial charge < -0.3 is 20.4 Å². The van der Waals surface area contributed by atoms with Crippen molar-refractivity contribution in [3.63, 3.8) is 0 Å². The monoisotopic (exact) mass is 374 g/mol. The molecule has 0 atom stereocenters. The number of pyridine rings is 1. The van der Waals surface area contributed by atoms with Gasteiger partial charge in [0.25, 0.3) is 0 Å². The van der Waals surface area contributed by atoms with E-state index in [9.17, 15) is 0 Å². The summed E-state index contributed by atoms with van der Waals surface area (Å²) in [4.78, 5) is 14.2. The van der Waals surface area contributed by atoms with Gasteiger partial charge in [-0.05, 0) is 43.9 Å². The maximum Gasteiger partial charge on any atom is 0.191 e. The highest BCUT2D eigenvalue weighted by atomic mass is 15.3. The van der Waals surface area contributed by atoms with Gasteiger partial charge >= 0.3 is 0 Å². The second kappa shape index (κ2) is 11.8. The molecule has 1 aromatic rings. The van der Waals surface area contributed by atoms with Crippen molar-refractivity contribution >= 4 is 11.8 Å². The first kappa shape index (κ1) is 21.5. The van der Waals surface area contributed by atoms with Crippen LogP contribution in [0.25, 0.3) is 0 Å². The van der Waals surface area contributed by atoms with Crippen LogP contribution in [-0.4, -0.2) is 61.7 Å². The van der Waals surface area contributed by atoms with Gasteiger partial charge in [-0.3, -0.25) is 0 Å². The molecule has 152 valence electrons. The molecule has 0 amide bonds. The van der Waals surface area contributed by atoms with Crippen LogP contribution < -0.4 is 15.5 Å². The molecule has 1 aliphatic heterocycles. The second-order valence-electron chi connectivity index (χ2n) is 7.60. The molecular formula is C21H38N6. The van der Waals surface area contributed by atoms with Gasteiger partial charge in [-0.1, -0.05) is 26.8 Å². The van der Waals surface area contributed by atoms with E-state index in [1.807, 2.05) is 6.20 Å². The smallest absolute Gasteiger partial charge is 0.191 e. The minimum absolute atomic E-state index is 0.649. The van der Waals surface area contributed by atoms with E-state index in [-0.39, 0.29) is 0 Å². The van der Waals surface area contributed by atoms with Crippen molar-refractivity contribution in [2.75, 3.05) is 50.7 Å². The Labute approximate surface area is 165 Å². The number of aliphatic imine (C=N–C) groups is 1. The third kappa shape index (κ3) is 7.75. The Morgan fingerprint density at radius 3 is 2.52 bits per heavy atom. The Bertz CT molecular complexity index is 546. The number of aromatic nitrogens is 1. The SMILES string of the molecule is CCNC(=NCc1ccc(N2CCN(CC)CC2)nc1)NCCCC(C)C. The Hall–Kier alpha value is -1.82. The summed E-state index contributed by atoms with van der Waals surface area (Å²) < 4.78 is 0. The Kier molecular flexibility index (Phi) is 9.39. The number of guanidine groups is 1. The molecule has 2 heterocycles. The fourth-order valence-electron chi connectivity index (χ4n) is 3.22. The van der Waals surface area contributed by atoms with Crippen molar-refractivity contribution in [3.8, 4) is 0 Å². The summed E-state index contributed by atoms with van der Waals surface area (Å²) in [6.45, 7) is 16.8. The van der Waals surface area contributed by atoms with Gasteiger partial charge in [0.15, 0.2) is 5.96 Å². The van der Waals surface area contributed by atoms with Crippen LogP contribution in [-0.2, 0) is 6.54 Å². The van der Waals surface area contributed by atoms with E-state index in [1.165, 1.54) is 12.8 Å². The zero-order valence-electron chi connectivity index (χ0n) is 17.7. The molecule has 6 nitrogen and oxygen atoms in total. The second-order valence-corrected chi connectivity index (χ2v) is 7.60. The van der Waals surface area contributed by atoms with Crippen molar-refractivity contribution in [2.24, 2.45) is 10.9 Å². The number of piperazine rings is 1. The Morgan fingerprint density at radius 2 is 1.93 bits per heavy atom. The summed E-state index contributed by atoms with van der Waals surface area (Å²) in [6.07, 6.45) is 4.38. The fourth-order valence-corrected chi connectivity index (χ4v) is 3.22. The van der Waals surface area contributed by atoms with Gasteiger partial charge in [0.1, 0.15) is 5.82 Å². The highest BCUT2D eigenvalue weighted by Gasteiger charge is 2.16. The lowest BCUT2D eigenvalue weighted by Crippen LogP contribution is -2.46. The number of hydrogen-bond donors (Lipinski definition) is 2. The lowest BCUT2D eigenvalue weighted by molar-refractivity contribution is 0.270. The molecule has 1 fully saturated rings. The minimum atomic E-state index is 0.649. The zero-order chi connectivity index (χ0) is 19.5. The van der Waals surface area contributed by atoms with Crippen LogP contribution in [0.3, 0.4) is 0 Å². The van der Waals surface area contributed by atoms with Crippen LogP contribution in [0.1, 0.15) is 46.1 Å². The molecule has 27 heavy (non-hydrogen) atoms. The molecule has 1 saturated heterocycles. The first-order valence-electron chi connectivity index (χ1n) is 10.6. The zero-order valence-corrected chi connectivity index (χ0v) is 17.7. The Morgan fingerprint density at radius 1 is 1.15 bits per heavy atom. The standard InChI is InChI=1S/C21H38N6/c1-5-22-21(23-11-7-8-18(3)4)25-17-19-9-10-20(24-16-19)27-14-12-26(6-2)13-15-27/h9-10,16,18H,5-8,11-15,17H2,1-4H3,(H2,22,23,25). The van der Waals surface area contributed by atoms with Gasteiger partial charge in [-0.25, -0.2) is 9.98 Å². The summed E-state index contributed by atoms with van der Waals surface area (Å²) in [5, 5.41) is 6.74. The van der Waals surface area contributed by atoms with E-state index in [4.69, 9.17) is 4.99 Å². The molecule has 6 heteroatoms. The number of likely N-dealkylation sites (N-methyl/N-ethyl adjacent to an activating group) is 1. The molecule has 0 radical (unpaired) electrons. The average molecular weight is 375 g/mol. The predicted molar refractivity (Wildman–Crippen MR) is 115 cm³/mol. The molecule has 1 aromatic heterocycles. The van der Waals surface area contributed by atoms with Gasteiger partial charge in [0, 0.05) is 45.5 Å². The molecule has 2 N–H and O–H groups in total. The van der Waals surface area contributed by atoms with Crippen LogP contribution in [0.5, 0.6) is 0 Å². The van der Waals surface area contributed by atoms with Crippen molar-refractivity contribution in [3.05, 3.63) is 23.9 Å². The summed E-state index contributed by atoms with van der Waals surface area (Å²) in [7, 11) is 0. The van der Waals surface area contributed by atoms with Crippen LogP contribution in [0.4, 0.5) is 5.82 Å². The van der Waals surface area contributed by atoms with Crippen LogP contribution >= 0.6 is 0 Å². The maximum absolute atomic E-state index is 4.70. The van der Waals surface area contributed by atoms with Gasteiger partial charge in [0.05, 0.1) is 6.54 Å².